The van der Waals surface area contributed by atoms with Crippen molar-refractivity contribution in [3.05, 3.63) is 24.8 Å². The zero-order chi connectivity index (χ0) is 12.8. The molecule has 16 heavy (non-hydrogen) atoms. The maximum atomic E-state index is 11.7. The SMILES string of the molecule is C=CC(=C)C(C)(C(=O)OCC)C(=O)OCC. The van der Waals surface area contributed by atoms with Crippen molar-refractivity contribution in [2.24, 2.45) is 5.41 Å². The third-order valence-corrected chi connectivity index (χ3v) is 2.26. The van der Waals surface area contributed by atoms with Gasteiger partial charge in [-0.2, -0.15) is 0 Å². The van der Waals surface area contributed by atoms with E-state index in [0.717, 1.165) is 0 Å². The minimum absolute atomic E-state index is 0.193. The van der Waals surface area contributed by atoms with Crippen molar-refractivity contribution >= 4 is 11.9 Å². The third kappa shape index (κ3) is 2.72. The maximum Gasteiger partial charge on any atom is 0.327 e. The van der Waals surface area contributed by atoms with Crippen LogP contribution in [0.15, 0.2) is 24.8 Å². The Morgan fingerprint density at radius 3 is 1.81 bits per heavy atom. The van der Waals surface area contributed by atoms with Crippen LogP contribution in [-0.2, 0) is 19.1 Å². The van der Waals surface area contributed by atoms with Crippen LogP contribution in [0.4, 0.5) is 0 Å². The van der Waals surface area contributed by atoms with Crippen LogP contribution in [0.3, 0.4) is 0 Å². The predicted octanol–water partition coefficient (Wildman–Crippen LogP) is 1.86. The lowest BCUT2D eigenvalue weighted by atomic mass is 9.83. The zero-order valence-corrected chi connectivity index (χ0v) is 10.0. The molecule has 0 bridgehead atoms. The van der Waals surface area contributed by atoms with Gasteiger partial charge in [0.1, 0.15) is 0 Å². The minimum Gasteiger partial charge on any atom is -0.465 e. The van der Waals surface area contributed by atoms with Gasteiger partial charge in [0.2, 0.25) is 0 Å². The van der Waals surface area contributed by atoms with Crippen LogP contribution in [0, 0.1) is 5.41 Å². The summed E-state index contributed by atoms with van der Waals surface area (Å²) in [5.41, 5.74) is -1.24. The van der Waals surface area contributed by atoms with E-state index in [1.165, 1.54) is 13.0 Å². The summed E-state index contributed by atoms with van der Waals surface area (Å²) >= 11 is 0. The Balaban J connectivity index is 5.17. The van der Waals surface area contributed by atoms with Gasteiger partial charge >= 0.3 is 11.9 Å². The van der Waals surface area contributed by atoms with Crippen molar-refractivity contribution in [2.45, 2.75) is 20.8 Å². The van der Waals surface area contributed by atoms with E-state index in [9.17, 15) is 9.59 Å². The molecule has 0 amide bonds. The summed E-state index contributed by atoms with van der Waals surface area (Å²) in [4.78, 5) is 23.5. The van der Waals surface area contributed by atoms with Gasteiger partial charge in [-0.15, -0.1) is 0 Å². The monoisotopic (exact) mass is 226 g/mol. The molecule has 0 aliphatic rings. The van der Waals surface area contributed by atoms with Gasteiger partial charge in [-0.3, -0.25) is 9.59 Å². The second-order valence-electron chi connectivity index (χ2n) is 3.30. The van der Waals surface area contributed by atoms with Gasteiger partial charge in [-0.25, -0.2) is 0 Å². The molecular formula is C12H18O4. The van der Waals surface area contributed by atoms with Crippen molar-refractivity contribution in [1.29, 1.82) is 0 Å². The molecule has 4 heteroatoms. The first-order valence-corrected chi connectivity index (χ1v) is 5.11. The fourth-order valence-electron chi connectivity index (χ4n) is 1.10. The second kappa shape index (κ2) is 6.10. The fraction of sp³-hybridized carbons (Fsp3) is 0.500. The highest BCUT2D eigenvalue weighted by atomic mass is 16.6. The van der Waals surface area contributed by atoms with Crippen molar-refractivity contribution < 1.29 is 19.1 Å². The van der Waals surface area contributed by atoms with Gasteiger partial charge < -0.3 is 9.47 Å². The number of allylic oxidation sites excluding steroid dienone is 1. The molecule has 0 aromatic heterocycles. The number of carbonyl (C=O) groups is 2. The molecule has 0 radical (unpaired) electrons. The van der Waals surface area contributed by atoms with E-state index in [4.69, 9.17) is 9.47 Å². The Hall–Kier alpha value is -1.58. The van der Waals surface area contributed by atoms with Crippen molar-refractivity contribution in [2.75, 3.05) is 13.2 Å². The normalized spacial score (nSPS) is 10.4. The Labute approximate surface area is 95.9 Å². The lowest BCUT2D eigenvalue weighted by molar-refractivity contribution is -0.167. The molecule has 4 nitrogen and oxygen atoms in total. The van der Waals surface area contributed by atoms with Crippen LogP contribution < -0.4 is 0 Å². The summed E-state index contributed by atoms with van der Waals surface area (Å²) in [6, 6.07) is 0. The van der Waals surface area contributed by atoms with Crippen molar-refractivity contribution in [3.8, 4) is 0 Å². The van der Waals surface area contributed by atoms with Gasteiger partial charge in [0, 0.05) is 0 Å². The summed E-state index contributed by atoms with van der Waals surface area (Å²) in [6.07, 6.45) is 1.35. The molecule has 90 valence electrons. The molecule has 0 aromatic carbocycles. The quantitative estimate of drug-likeness (QED) is 0.394. The molecule has 0 saturated carbocycles. The average Bonchev–Trinajstić information content (AvgIpc) is 2.27. The van der Waals surface area contributed by atoms with Gasteiger partial charge in [0.15, 0.2) is 5.41 Å². The summed E-state index contributed by atoms with van der Waals surface area (Å²) in [6.45, 7) is 12.3. The first-order chi connectivity index (χ1) is 7.44. The van der Waals surface area contributed by atoms with Crippen LogP contribution in [-0.4, -0.2) is 25.2 Å². The summed E-state index contributed by atoms with van der Waals surface area (Å²) in [5, 5.41) is 0. The molecule has 0 N–H and O–H groups in total. The molecule has 0 fully saturated rings. The van der Waals surface area contributed by atoms with Crippen LogP contribution in [0.25, 0.3) is 0 Å². The third-order valence-electron chi connectivity index (χ3n) is 2.26. The molecule has 0 saturated heterocycles. The highest BCUT2D eigenvalue weighted by Gasteiger charge is 2.45. The minimum atomic E-state index is -1.51. The summed E-state index contributed by atoms with van der Waals surface area (Å²) in [7, 11) is 0. The van der Waals surface area contributed by atoms with Gasteiger partial charge in [0.25, 0.3) is 0 Å². The number of rotatable bonds is 6. The summed E-state index contributed by atoms with van der Waals surface area (Å²) < 4.78 is 9.70. The van der Waals surface area contributed by atoms with Crippen molar-refractivity contribution in [3.63, 3.8) is 0 Å². The van der Waals surface area contributed by atoms with E-state index >= 15 is 0 Å². The average molecular weight is 226 g/mol. The Bertz CT molecular complexity index is 286. The molecule has 0 unspecified atom stereocenters. The van der Waals surface area contributed by atoms with E-state index in [2.05, 4.69) is 13.2 Å². The number of carbonyl (C=O) groups excluding carboxylic acids is 2. The van der Waals surface area contributed by atoms with Gasteiger partial charge in [-0.05, 0) is 26.3 Å². The predicted molar refractivity (Wildman–Crippen MR) is 60.7 cm³/mol. The topological polar surface area (TPSA) is 52.6 Å². The highest BCUT2D eigenvalue weighted by molar-refractivity contribution is 6.03. The van der Waals surface area contributed by atoms with Crippen LogP contribution in [0.5, 0.6) is 0 Å². The first-order valence-electron chi connectivity index (χ1n) is 5.11. The number of ether oxygens (including phenoxy) is 2. The van der Waals surface area contributed by atoms with E-state index < -0.39 is 17.4 Å². The number of hydrogen-bond donors (Lipinski definition) is 0. The Morgan fingerprint density at radius 2 is 1.56 bits per heavy atom. The number of hydrogen-bond acceptors (Lipinski definition) is 4. The van der Waals surface area contributed by atoms with Gasteiger partial charge in [0.05, 0.1) is 13.2 Å². The first kappa shape index (κ1) is 14.4. The van der Waals surface area contributed by atoms with E-state index in [0.29, 0.717) is 0 Å². The zero-order valence-electron chi connectivity index (χ0n) is 10.0. The molecule has 0 rings (SSSR count). The lowest BCUT2D eigenvalue weighted by Crippen LogP contribution is -2.40. The van der Waals surface area contributed by atoms with E-state index in [1.807, 2.05) is 0 Å². The standard InChI is InChI=1S/C12H18O4/c1-6-9(4)12(5,10(13)15-7-2)11(14)16-8-3/h6H,1,4,7-8H2,2-3,5H3. The maximum absolute atomic E-state index is 11.7. The largest absolute Gasteiger partial charge is 0.465 e. The lowest BCUT2D eigenvalue weighted by Gasteiger charge is -2.25. The second-order valence-corrected chi connectivity index (χ2v) is 3.30. The van der Waals surface area contributed by atoms with E-state index in [1.54, 1.807) is 13.8 Å². The summed E-state index contributed by atoms with van der Waals surface area (Å²) in [5.74, 6) is -1.34. The molecular weight excluding hydrogens is 208 g/mol. The molecule has 0 aliphatic carbocycles. The van der Waals surface area contributed by atoms with Crippen LogP contribution in [0.2, 0.25) is 0 Å². The molecule has 0 aromatic rings. The number of esters is 2. The van der Waals surface area contributed by atoms with Crippen LogP contribution >= 0.6 is 0 Å². The van der Waals surface area contributed by atoms with Crippen LogP contribution in [0.1, 0.15) is 20.8 Å². The fourth-order valence-corrected chi connectivity index (χ4v) is 1.10. The Morgan fingerprint density at radius 1 is 1.19 bits per heavy atom. The molecule has 0 aliphatic heterocycles. The smallest absolute Gasteiger partial charge is 0.327 e. The molecule has 0 atom stereocenters. The van der Waals surface area contributed by atoms with Crippen molar-refractivity contribution in [1.82, 2.24) is 0 Å². The molecule has 0 heterocycles. The highest BCUT2D eigenvalue weighted by Crippen LogP contribution is 2.30. The Kier molecular flexibility index (Phi) is 5.50. The van der Waals surface area contributed by atoms with E-state index in [-0.39, 0.29) is 18.8 Å². The molecule has 0 spiro atoms. The van der Waals surface area contributed by atoms with Gasteiger partial charge in [-0.1, -0.05) is 19.2 Å².